The van der Waals surface area contributed by atoms with Crippen LogP contribution in [0.4, 0.5) is 16.7 Å². The zero-order valence-electron chi connectivity index (χ0n) is 16.9. The van der Waals surface area contributed by atoms with Gasteiger partial charge in [0.15, 0.2) is 0 Å². The molecule has 158 valence electrons. The zero-order valence-corrected chi connectivity index (χ0v) is 17.6. The molecule has 4 N–H and O–H groups in total. The van der Waals surface area contributed by atoms with Crippen molar-refractivity contribution < 1.29 is 9.59 Å². The minimum absolute atomic E-state index is 0.0854. The van der Waals surface area contributed by atoms with Crippen LogP contribution in [0, 0.1) is 11.3 Å². The van der Waals surface area contributed by atoms with Crippen LogP contribution in [0.5, 0.6) is 0 Å². The maximum absolute atomic E-state index is 11.2. The number of hydrogen-bond acceptors (Lipinski definition) is 8. The molecule has 1 aromatic carbocycles. The Labute approximate surface area is 179 Å². The van der Waals surface area contributed by atoms with Crippen molar-refractivity contribution in [1.82, 2.24) is 25.6 Å². The summed E-state index contributed by atoms with van der Waals surface area (Å²) < 4.78 is 0. The lowest BCUT2D eigenvalue weighted by Crippen LogP contribution is -2.30. The van der Waals surface area contributed by atoms with Crippen molar-refractivity contribution >= 4 is 35.4 Å². The van der Waals surface area contributed by atoms with E-state index in [0.717, 1.165) is 5.56 Å². The summed E-state index contributed by atoms with van der Waals surface area (Å²) in [5.74, 6) is 0.417. The fraction of sp³-hybridized carbons (Fsp3) is 0.368. The normalized spacial score (nSPS) is 15.2. The summed E-state index contributed by atoms with van der Waals surface area (Å²) in [4.78, 5) is 33.9. The monoisotopic (exact) mass is 430 g/mol. The molecule has 10 nitrogen and oxygen atoms in total. The molecule has 0 radical (unpaired) electrons. The Balaban J connectivity index is 0.000000215. The number of amides is 3. The third-order valence-electron chi connectivity index (χ3n) is 3.79. The number of carbonyl (C=O) groups is 2. The van der Waals surface area contributed by atoms with E-state index >= 15 is 0 Å². The number of carbonyl (C=O) groups excluding carboxylic acids is 2. The molecule has 2 heterocycles. The van der Waals surface area contributed by atoms with E-state index in [4.69, 9.17) is 16.9 Å². The second-order valence-corrected chi connectivity index (χ2v) is 7.19. The van der Waals surface area contributed by atoms with Crippen LogP contribution < -0.4 is 21.3 Å². The van der Waals surface area contributed by atoms with E-state index in [1.54, 1.807) is 13.8 Å². The van der Waals surface area contributed by atoms with Gasteiger partial charge in [0.25, 0.3) is 5.91 Å². The minimum atomic E-state index is -0.756. The summed E-state index contributed by atoms with van der Waals surface area (Å²) in [5.41, 5.74) is 0.281. The molecule has 1 unspecified atom stereocenters. The van der Waals surface area contributed by atoms with Crippen LogP contribution >= 0.6 is 11.6 Å². The van der Waals surface area contributed by atoms with E-state index in [1.807, 2.05) is 37.3 Å². The topological polar surface area (TPSA) is 145 Å². The number of benzene rings is 1. The number of rotatable bonds is 6. The van der Waals surface area contributed by atoms with Crippen LogP contribution in [0.25, 0.3) is 0 Å². The first kappa shape index (κ1) is 22.8. The molecule has 1 aliphatic heterocycles. The lowest BCUT2D eigenvalue weighted by molar-refractivity contribution is -0.120. The summed E-state index contributed by atoms with van der Waals surface area (Å²) in [7, 11) is 0. The second kappa shape index (κ2) is 10.4. The summed E-state index contributed by atoms with van der Waals surface area (Å²) in [6.45, 7) is 6.04. The molecule has 1 aliphatic rings. The third-order valence-corrected chi connectivity index (χ3v) is 3.96. The van der Waals surface area contributed by atoms with E-state index in [1.165, 1.54) is 0 Å². The quantitative estimate of drug-likeness (QED) is 0.510. The molecule has 1 atom stereocenters. The molecular formula is C19H23ClN8O2. The van der Waals surface area contributed by atoms with Gasteiger partial charge in [0.05, 0.1) is 6.07 Å². The second-order valence-electron chi connectivity index (χ2n) is 6.85. The Kier molecular flexibility index (Phi) is 7.89. The first-order valence-electron chi connectivity index (χ1n) is 9.22. The number of anilines is 2. The van der Waals surface area contributed by atoms with Crippen molar-refractivity contribution in [1.29, 1.82) is 5.26 Å². The predicted molar refractivity (Wildman–Crippen MR) is 113 cm³/mol. The van der Waals surface area contributed by atoms with Gasteiger partial charge >= 0.3 is 6.03 Å². The first-order valence-corrected chi connectivity index (χ1v) is 9.60. The molecule has 1 saturated heterocycles. The Morgan fingerprint density at radius 2 is 1.83 bits per heavy atom. The molecule has 0 saturated carbocycles. The number of aromatic nitrogens is 3. The van der Waals surface area contributed by atoms with Crippen molar-refractivity contribution in [3.63, 3.8) is 0 Å². The summed E-state index contributed by atoms with van der Waals surface area (Å²) >= 11 is 5.73. The number of imide groups is 1. The summed E-state index contributed by atoms with van der Waals surface area (Å²) in [6, 6.07) is 10.8. The van der Waals surface area contributed by atoms with Crippen molar-refractivity contribution in [3.8, 4) is 6.07 Å². The van der Waals surface area contributed by atoms with Gasteiger partial charge in [-0.3, -0.25) is 10.1 Å². The number of halogens is 1. The Morgan fingerprint density at radius 3 is 2.40 bits per heavy atom. The minimum Gasteiger partial charge on any atom is -0.354 e. The lowest BCUT2D eigenvalue weighted by atomic mass is 10.1. The van der Waals surface area contributed by atoms with Gasteiger partial charge in [0, 0.05) is 13.0 Å². The number of nitriles is 1. The molecule has 1 fully saturated rings. The van der Waals surface area contributed by atoms with Gasteiger partial charge in [-0.15, -0.1) is 0 Å². The van der Waals surface area contributed by atoms with Gasteiger partial charge in [-0.25, -0.2) is 4.79 Å². The molecule has 3 amide bonds. The summed E-state index contributed by atoms with van der Waals surface area (Å²) in [6.07, 6.45) is 0.540. The molecule has 0 aliphatic carbocycles. The molecule has 30 heavy (non-hydrogen) atoms. The Morgan fingerprint density at radius 1 is 1.17 bits per heavy atom. The van der Waals surface area contributed by atoms with Crippen molar-refractivity contribution in [2.24, 2.45) is 0 Å². The standard InChI is InChI=1S/C10H10N2O2.C9H13ClN6/c13-9-8(11-10(14)12-9)6-7-4-2-1-3-5-7;1-4-12-7-13-6(10)14-8(15-7)16-9(2,3)5-11/h1-5,8H,6H2,(H2,11,12,13,14);4H2,1-3H3,(H2,12,13,14,15,16). The smallest absolute Gasteiger partial charge is 0.322 e. The van der Waals surface area contributed by atoms with Gasteiger partial charge in [0.2, 0.25) is 17.2 Å². The molecule has 0 spiro atoms. The van der Waals surface area contributed by atoms with Gasteiger partial charge < -0.3 is 16.0 Å². The van der Waals surface area contributed by atoms with E-state index in [0.29, 0.717) is 18.9 Å². The fourth-order valence-corrected chi connectivity index (χ4v) is 2.56. The van der Waals surface area contributed by atoms with Crippen LogP contribution in [0.1, 0.15) is 26.3 Å². The molecule has 1 aromatic heterocycles. The highest BCUT2D eigenvalue weighted by Crippen LogP contribution is 2.14. The van der Waals surface area contributed by atoms with Crippen molar-refractivity contribution in [2.75, 3.05) is 17.2 Å². The predicted octanol–water partition coefficient (Wildman–Crippen LogP) is 2.11. The first-order chi connectivity index (χ1) is 14.2. The van der Waals surface area contributed by atoms with Gasteiger partial charge in [-0.2, -0.15) is 20.2 Å². The van der Waals surface area contributed by atoms with Crippen molar-refractivity contribution in [3.05, 3.63) is 41.2 Å². The average molecular weight is 431 g/mol. The average Bonchev–Trinajstić information content (AvgIpc) is 2.99. The number of hydrogen-bond donors (Lipinski definition) is 4. The SMILES string of the molecule is CCNc1nc(Cl)nc(NC(C)(C)C#N)n1.O=C1NC(=O)C(Cc2ccccc2)N1. The highest BCUT2D eigenvalue weighted by atomic mass is 35.5. The highest BCUT2D eigenvalue weighted by molar-refractivity contribution is 6.28. The van der Waals surface area contributed by atoms with Gasteiger partial charge in [-0.1, -0.05) is 30.3 Å². The zero-order chi connectivity index (χ0) is 22.1. The van der Waals surface area contributed by atoms with Gasteiger partial charge in [0.1, 0.15) is 11.6 Å². The maximum atomic E-state index is 11.2. The van der Waals surface area contributed by atoms with Crippen LogP contribution in [-0.4, -0.2) is 45.0 Å². The van der Waals surface area contributed by atoms with E-state index in [9.17, 15) is 9.59 Å². The number of urea groups is 1. The van der Waals surface area contributed by atoms with Gasteiger partial charge in [-0.05, 0) is 37.9 Å². The fourth-order valence-electron chi connectivity index (χ4n) is 2.40. The largest absolute Gasteiger partial charge is 0.354 e. The Bertz CT molecular complexity index is 930. The van der Waals surface area contributed by atoms with Crippen molar-refractivity contribution in [2.45, 2.75) is 38.8 Å². The third kappa shape index (κ3) is 7.18. The van der Waals surface area contributed by atoms with E-state index < -0.39 is 17.6 Å². The van der Waals surface area contributed by atoms with Crippen LogP contribution in [0.15, 0.2) is 30.3 Å². The molecule has 0 bridgehead atoms. The summed E-state index contributed by atoms with van der Waals surface area (Å²) in [5, 5.41) is 19.5. The number of nitrogens with zero attached hydrogens (tertiary/aromatic N) is 4. The van der Waals surface area contributed by atoms with Crippen LogP contribution in [0.3, 0.4) is 0 Å². The highest BCUT2D eigenvalue weighted by Gasteiger charge is 2.29. The molecule has 11 heteroatoms. The van der Waals surface area contributed by atoms with Crippen LogP contribution in [0.2, 0.25) is 5.28 Å². The Hall–Kier alpha value is -3.45. The lowest BCUT2D eigenvalue weighted by Gasteiger charge is -2.17. The molecule has 3 rings (SSSR count). The van der Waals surface area contributed by atoms with Crippen LogP contribution in [-0.2, 0) is 11.2 Å². The number of nitrogens with one attached hydrogen (secondary N) is 4. The molecular weight excluding hydrogens is 408 g/mol. The van der Waals surface area contributed by atoms with E-state index in [-0.39, 0.29) is 17.1 Å². The molecule has 2 aromatic rings. The van der Waals surface area contributed by atoms with E-state index in [2.05, 4.69) is 42.3 Å². The maximum Gasteiger partial charge on any atom is 0.322 e.